The molecule has 9 nitrogen and oxygen atoms in total. The first kappa shape index (κ1) is 22.1. The summed E-state index contributed by atoms with van der Waals surface area (Å²) in [5, 5.41) is 6.80. The van der Waals surface area contributed by atoms with E-state index in [0.717, 1.165) is 0 Å². The number of nitrogens with one attached hydrogen (secondary N) is 1. The van der Waals surface area contributed by atoms with Crippen LogP contribution in [0.15, 0.2) is 70.5 Å². The molecule has 33 heavy (non-hydrogen) atoms. The SMILES string of the molecule is CCC(C(=O)Nc1ccc(C(C)C)cc1)n1cccc(-c2nc(-c3cnccn3)no2)c1=O. The second kappa shape index (κ2) is 9.56. The summed E-state index contributed by atoms with van der Waals surface area (Å²) in [4.78, 5) is 38.6. The number of rotatable bonds is 7. The summed E-state index contributed by atoms with van der Waals surface area (Å²) in [6.45, 7) is 6.07. The van der Waals surface area contributed by atoms with Crippen molar-refractivity contribution in [3.8, 4) is 23.0 Å². The fraction of sp³-hybridized carbons (Fsp3) is 0.250. The largest absolute Gasteiger partial charge is 0.333 e. The molecule has 1 amide bonds. The number of hydrogen-bond acceptors (Lipinski definition) is 7. The maximum Gasteiger partial charge on any atom is 0.264 e. The highest BCUT2D eigenvalue weighted by atomic mass is 16.5. The fourth-order valence-electron chi connectivity index (χ4n) is 3.46. The Kier molecular flexibility index (Phi) is 6.39. The van der Waals surface area contributed by atoms with Crippen LogP contribution in [-0.2, 0) is 4.79 Å². The van der Waals surface area contributed by atoms with Gasteiger partial charge in [-0.15, -0.1) is 0 Å². The normalized spacial score (nSPS) is 12.0. The molecule has 1 unspecified atom stereocenters. The van der Waals surface area contributed by atoms with E-state index in [0.29, 0.717) is 23.7 Å². The molecule has 0 aliphatic heterocycles. The highest BCUT2D eigenvalue weighted by Gasteiger charge is 2.23. The Morgan fingerprint density at radius 1 is 1.15 bits per heavy atom. The van der Waals surface area contributed by atoms with Crippen molar-refractivity contribution in [3.05, 3.63) is 77.1 Å². The van der Waals surface area contributed by atoms with Crippen molar-refractivity contribution in [3.63, 3.8) is 0 Å². The minimum Gasteiger partial charge on any atom is -0.333 e. The summed E-state index contributed by atoms with van der Waals surface area (Å²) in [7, 11) is 0. The van der Waals surface area contributed by atoms with Crippen molar-refractivity contribution in [2.24, 2.45) is 0 Å². The predicted octanol–water partition coefficient (Wildman–Crippen LogP) is 4.07. The van der Waals surface area contributed by atoms with Gasteiger partial charge in [0.1, 0.15) is 17.3 Å². The molecule has 1 N–H and O–H groups in total. The fourth-order valence-corrected chi connectivity index (χ4v) is 3.46. The first-order valence-corrected chi connectivity index (χ1v) is 10.7. The monoisotopic (exact) mass is 444 g/mol. The second-order valence-corrected chi connectivity index (χ2v) is 7.84. The zero-order valence-electron chi connectivity index (χ0n) is 18.6. The number of amides is 1. The van der Waals surface area contributed by atoms with Crippen molar-refractivity contribution in [1.29, 1.82) is 0 Å². The smallest absolute Gasteiger partial charge is 0.264 e. The standard InChI is InChI=1S/C24H24N6O3/c1-4-20(22(31)27-17-9-7-16(8-10-17)15(2)3)30-13-5-6-18(24(30)32)23-28-21(29-33-23)19-14-25-11-12-26-19/h5-15,20H,4H2,1-3H3,(H,27,31). The third-order valence-corrected chi connectivity index (χ3v) is 5.29. The van der Waals surface area contributed by atoms with Crippen LogP contribution in [0.4, 0.5) is 5.69 Å². The van der Waals surface area contributed by atoms with Gasteiger partial charge in [-0.3, -0.25) is 14.6 Å². The molecule has 0 spiro atoms. The summed E-state index contributed by atoms with van der Waals surface area (Å²) >= 11 is 0. The van der Waals surface area contributed by atoms with Gasteiger partial charge in [0.2, 0.25) is 11.7 Å². The molecular weight excluding hydrogens is 420 g/mol. The van der Waals surface area contributed by atoms with Gasteiger partial charge >= 0.3 is 0 Å². The van der Waals surface area contributed by atoms with E-state index >= 15 is 0 Å². The van der Waals surface area contributed by atoms with Crippen molar-refractivity contribution < 1.29 is 9.32 Å². The molecule has 0 bridgehead atoms. The average Bonchev–Trinajstić information content (AvgIpc) is 3.32. The van der Waals surface area contributed by atoms with Crippen LogP contribution < -0.4 is 10.9 Å². The molecule has 3 heterocycles. The molecule has 168 valence electrons. The molecule has 1 aromatic carbocycles. The number of pyridine rings is 1. The van der Waals surface area contributed by atoms with E-state index in [4.69, 9.17) is 4.52 Å². The third-order valence-electron chi connectivity index (χ3n) is 5.29. The van der Waals surface area contributed by atoms with Gasteiger partial charge in [0, 0.05) is 24.3 Å². The quantitative estimate of drug-likeness (QED) is 0.457. The Labute approximate surface area is 190 Å². The average molecular weight is 444 g/mol. The van der Waals surface area contributed by atoms with Crippen LogP contribution in [0.25, 0.3) is 23.0 Å². The summed E-state index contributed by atoms with van der Waals surface area (Å²) in [5.74, 6) is 0.399. The third kappa shape index (κ3) is 4.72. The number of nitrogens with zero attached hydrogens (tertiary/aromatic N) is 5. The van der Waals surface area contributed by atoms with Gasteiger partial charge in [0.05, 0.1) is 6.20 Å². The minimum atomic E-state index is -0.704. The summed E-state index contributed by atoms with van der Waals surface area (Å²) in [6, 6.07) is 10.3. The van der Waals surface area contributed by atoms with Gasteiger partial charge in [0.25, 0.3) is 11.4 Å². The lowest BCUT2D eigenvalue weighted by Gasteiger charge is -2.18. The Morgan fingerprint density at radius 2 is 1.94 bits per heavy atom. The topological polar surface area (TPSA) is 116 Å². The zero-order valence-corrected chi connectivity index (χ0v) is 18.6. The zero-order chi connectivity index (χ0) is 23.4. The van der Waals surface area contributed by atoms with Crippen LogP contribution in [0.1, 0.15) is 44.7 Å². The van der Waals surface area contributed by atoms with Crippen LogP contribution in [0, 0.1) is 0 Å². The molecular formula is C24H24N6O3. The van der Waals surface area contributed by atoms with Crippen molar-refractivity contribution in [2.75, 3.05) is 5.32 Å². The second-order valence-electron chi connectivity index (χ2n) is 7.84. The van der Waals surface area contributed by atoms with E-state index in [1.807, 2.05) is 31.2 Å². The van der Waals surface area contributed by atoms with E-state index in [-0.39, 0.29) is 23.2 Å². The lowest BCUT2D eigenvalue weighted by atomic mass is 10.0. The molecule has 3 aromatic heterocycles. The molecule has 1 atom stereocenters. The number of aromatic nitrogens is 5. The number of hydrogen-bond donors (Lipinski definition) is 1. The minimum absolute atomic E-state index is 0.0505. The van der Waals surface area contributed by atoms with Crippen molar-refractivity contribution >= 4 is 11.6 Å². The molecule has 0 aliphatic carbocycles. The van der Waals surface area contributed by atoms with Crippen molar-refractivity contribution in [1.82, 2.24) is 24.7 Å². The van der Waals surface area contributed by atoms with Gasteiger partial charge in [-0.2, -0.15) is 4.98 Å². The number of anilines is 1. The molecule has 4 rings (SSSR count). The molecule has 0 saturated carbocycles. The molecule has 0 saturated heterocycles. The Morgan fingerprint density at radius 3 is 2.61 bits per heavy atom. The molecule has 0 aliphatic rings. The highest BCUT2D eigenvalue weighted by molar-refractivity contribution is 5.93. The maximum absolute atomic E-state index is 13.2. The summed E-state index contributed by atoms with van der Waals surface area (Å²) < 4.78 is 6.69. The van der Waals surface area contributed by atoms with Crippen LogP contribution in [0.3, 0.4) is 0 Å². The first-order chi connectivity index (χ1) is 16.0. The summed E-state index contributed by atoms with van der Waals surface area (Å²) in [5.41, 5.74) is 2.09. The Balaban J connectivity index is 1.59. The highest BCUT2D eigenvalue weighted by Crippen LogP contribution is 2.21. The first-order valence-electron chi connectivity index (χ1n) is 10.7. The molecule has 9 heteroatoms. The lowest BCUT2D eigenvalue weighted by molar-refractivity contribution is -0.119. The molecule has 0 fully saturated rings. The summed E-state index contributed by atoms with van der Waals surface area (Å²) in [6.07, 6.45) is 6.56. The van der Waals surface area contributed by atoms with E-state index < -0.39 is 11.6 Å². The van der Waals surface area contributed by atoms with Crippen LogP contribution >= 0.6 is 0 Å². The van der Waals surface area contributed by atoms with Gasteiger partial charge < -0.3 is 14.4 Å². The van der Waals surface area contributed by atoms with E-state index in [1.54, 1.807) is 18.3 Å². The van der Waals surface area contributed by atoms with Crippen LogP contribution in [0.5, 0.6) is 0 Å². The van der Waals surface area contributed by atoms with E-state index in [2.05, 4.69) is 39.3 Å². The molecule has 4 aromatic rings. The predicted molar refractivity (Wildman–Crippen MR) is 124 cm³/mol. The van der Waals surface area contributed by atoms with E-state index in [1.165, 1.54) is 28.7 Å². The van der Waals surface area contributed by atoms with Crippen LogP contribution in [-0.4, -0.2) is 30.6 Å². The van der Waals surface area contributed by atoms with Crippen LogP contribution in [0.2, 0.25) is 0 Å². The van der Waals surface area contributed by atoms with E-state index in [9.17, 15) is 9.59 Å². The van der Waals surface area contributed by atoms with Gasteiger partial charge in [0.15, 0.2) is 0 Å². The number of benzene rings is 1. The molecule has 0 radical (unpaired) electrons. The van der Waals surface area contributed by atoms with Crippen molar-refractivity contribution in [2.45, 2.75) is 39.2 Å². The Bertz CT molecular complexity index is 1300. The van der Waals surface area contributed by atoms with Gasteiger partial charge in [-0.1, -0.05) is 38.1 Å². The maximum atomic E-state index is 13.2. The number of carbonyl (C=O) groups excluding carboxylic acids is 1. The van der Waals surface area contributed by atoms with Gasteiger partial charge in [-0.05, 0) is 42.2 Å². The van der Waals surface area contributed by atoms with Gasteiger partial charge in [-0.25, -0.2) is 4.98 Å². The lowest BCUT2D eigenvalue weighted by Crippen LogP contribution is -2.33. The Hall–Kier alpha value is -4.14. The number of carbonyl (C=O) groups is 1.